The molecule has 0 bridgehead atoms. The molecule has 5 heteroatoms. The first kappa shape index (κ1) is 18.3. The first-order valence-corrected chi connectivity index (χ1v) is 9.07. The highest BCUT2D eigenvalue weighted by molar-refractivity contribution is 9.10. The second-order valence-electron chi connectivity index (χ2n) is 5.56. The molecule has 4 nitrogen and oxygen atoms in total. The molecule has 0 aliphatic rings. The van der Waals surface area contributed by atoms with Gasteiger partial charge in [0.25, 0.3) is 0 Å². The van der Waals surface area contributed by atoms with E-state index in [4.69, 9.17) is 19.2 Å². The number of halogens is 1. The van der Waals surface area contributed by atoms with Crippen LogP contribution in [0.25, 0.3) is 23.1 Å². The number of ether oxygens (including phenoxy) is 3. The van der Waals surface area contributed by atoms with Crippen LogP contribution in [0.1, 0.15) is 18.2 Å². The Balaban J connectivity index is 1.97. The molecular weight excluding hydrogens is 394 g/mol. The zero-order valence-corrected chi connectivity index (χ0v) is 16.5. The first-order valence-electron chi connectivity index (χ1n) is 8.28. The molecule has 0 saturated heterocycles. The molecule has 1 heterocycles. The van der Waals surface area contributed by atoms with Gasteiger partial charge in [-0.05, 0) is 42.8 Å². The lowest BCUT2D eigenvalue weighted by molar-refractivity contribution is 0.310. The molecule has 0 atom stereocenters. The standard InChI is InChI=1S/C21H20BrNO3/c1-4-26-20-12-15(17(22)13-19(20)25-3)9-11-16-10-8-14-6-5-7-18(24-2)21(14)23-16/h5-13H,4H2,1-3H3. The molecule has 0 saturated carbocycles. The summed E-state index contributed by atoms with van der Waals surface area (Å²) in [7, 11) is 3.29. The molecule has 0 amide bonds. The Morgan fingerprint density at radius 2 is 1.77 bits per heavy atom. The van der Waals surface area contributed by atoms with E-state index in [1.807, 2.05) is 61.5 Å². The quantitative estimate of drug-likeness (QED) is 0.528. The van der Waals surface area contributed by atoms with Gasteiger partial charge in [-0.15, -0.1) is 0 Å². The minimum atomic E-state index is 0.577. The second-order valence-corrected chi connectivity index (χ2v) is 6.41. The highest BCUT2D eigenvalue weighted by Gasteiger charge is 2.09. The molecule has 3 aromatic rings. The van der Waals surface area contributed by atoms with Crippen LogP contribution >= 0.6 is 15.9 Å². The predicted molar refractivity (Wildman–Crippen MR) is 109 cm³/mol. The third-order valence-electron chi connectivity index (χ3n) is 3.94. The van der Waals surface area contributed by atoms with Crippen LogP contribution in [0.2, 0.25) is 0 Å². The van der Waals surface area contributed by atoms with Gasteiger partial charge < -0.3 is 14.2 Å². The summed E-state index contributed by atoms with van der Waals surface area (Å²) >= 11 is 3.58. The fourth-order valence-corrected chi connectivity index (χ4v) is 3.13. The van der Waals surface area contributed by atoms with Crippen molar-refractivity contribution in [3.8, 4) is 17.2 Å². The summed E-state index contributed by atoms with van der Waals surface area (Å²) in [5, 5.41) is 1.05. The molecule has 0 unspecified atom stereocenters. The van der Waals surface area contributed by atoms with Crippen molar-refractivity contribution in [3.05, 3.63) is 58.2 Å². The van der Waals surface area contributed by atoms with Crippen LogP contribution in [-0.2, 0) is 0 Å². The second kappa shape index (κ2) is 8.23. The van der Waals surface area contributed by atoms with Gasteiger partial charge in [-0.25, -0.2) is 4.98 Å². The summed E-state index contributed by atoms with van der Waals surface area (Å²) in [5.74, 6) is 2.18. The smallest absolute Gasteiger partial charge is 0.161 e. The lowest BCUT2D eigenvalue weighted by atomic mass is 10.1. The molecule has 2 aromatic carbocycles. The van der Waals surface area contributed by atoms with Crippen molar-refractivity contribution in [1.82, 2.24) is 4.98 Å². The van der Waals surface area contributed by atoms with E-state index in [0.717, 1.165) is 32.4 Å². The lowest BCUT2D eigenvalue weighted by Crippen LogP contribution is -1.96. The topological polar surface area (TPSA) is 40.6 Å². The predicted octanol–water partition coefficient (Wildman–Crippen LogP) is 5.58. The number of hydrogen-bond donors (Lipinski definition) is 0. The van der Waals surface area contributed by atoms with Crippen LogP contribution in [-0.4, -0.2) is 25.8 Å². The van der Waals surface area contributed by atoms with E-state index in [-0.39, 0.29) is 0 Å². The molecule has 0 aliphatic carbocycles. The van der Waals surface area contributed by atoms with Crippen molar-refractivity contribution in [2.75, 3.05) is 20.8 Å². The normalized spacial score (nSPS) is 11.1. The highest BCUT2D eigenvalue weighted by Crippen LogP contribution is 2.34. The molecule has 0 N–H and O–H groups in total. The van der Waals surface area contributed by atoms with Crippen molar-refractivity contribution < 1.29 is 14.2 Å². The number of methoxy groups -OCH3 is 2. The molecule has 1 aromatic heterocycles. The van der Waals surface area contributed by atoms with Gasteiger partial charge in [0, 0.05) is 9.86 Å². The molecule has 0 aliphatic heterocycles. The minimum absolute atomic E-state index is 0.577. The Bertz CT molecular complexity index is 953. The Kier molecular flexibility index (Phi) is 5.78. The fourth-order valence-electron chi connectivity index (χ4n) is 2.67. The van der Waals surface area contributed by atoms with E-state index in [2.05, 4.69) is 15.9 Å². The molecule has 134 valence electrons. The third kappa shape index (κ3) is 3.83. The number of fused-ring (bicyclic) bond motifs is 1. The highest BCUT2D eigenvalue weighted by atomic mass is 79.9. The van der Waals surface area contributed by atoms with E-state index in [0.29, 0.717) is 18.1 Å². The van der Waals surface area contributed by atoms with Crippen molar-refractivity contribution in [2.45, 2.75) is 6.92 Å². The molecule has 0 fully saturated rings. The zero-order chi connectivity index (χ0) is 18.5. The van der Waals surface area contributed by atoms with Crippen LogP contribution in [0, 0.1) is 0 Å². The van der Waals surface area contributed by atoms with E-state index < -0.39 is 0 Å². The number of benzene rings is 2. The van der Waals surface area contributed by atoms with E-state index in [1.165, 1.54) is 0 Å². The molecule has 3 rings (SSSR count). The molecule has 0 radical (unpaired) electrons. The van der Waals surface area contributed by atoms with Crippen molar-refractivity contribution in [3.63, 3.8) is 0 Å². The van der Waals surface area contributed by atoms with Gasteiger partial charge in [0.1, 0.15) is 11.3 Å². The summed E-state index contributed by atoms with van der Waals surface area (Å²) in [4.78, 5) is 4.70. The average Bonchev–Trinajstić information content (AvgIpc) is 2.67. The first-order chi connectivity index (χ1) is 12.7. The van der Waals surface area contributed by atoms with Crippen molar-refractivity contribution in [1.29, 1.82) is 0 Å². The van der Waals surface area contributed by atoms with Gasteiger partial charge in [0.05, 0.1) is 26.5 Å². The SMILES string of the molecule is CCOc1cc(C=Cc2ccc3cccc(OC)c3n2)c(Br)cc1OC. The maximum absolute atomic E-state index is 5.65. The maximum atomic E-state index is 5.65. The van der Waals surface area contributed by atoms with Gasteiger partial charge in [-0.1, -0.05) is 40.2 Å². The summed E-state index contributed by atoms with van der Waals surface area (Å²) in [6, 6.07) is 13.8. The van der Waals surface area contributed by atoms with Gasteiger partial charge in [-0.2, -0.15) is 0 Å². The number of rotatable bonds is 6. The van der Waals surface area contributed by atoms with E-state index >= 15 is 0 Å². The van der Waals surface area contributed by atoms with Gasteiger partial charge >= 0.3 is 0 Å². The van der Waals surface area contributed by atoms with Crippen LogP contribution in [0.5, 0.6) is 17.2 Å². The van der Waals surface area contributed by atoms with Crippen LogP contribution < -0.4 is 14.2 Å². The molecule has 0 spiro atoms. The van der Waals surface area contributed by atoms with E-state index in [1.54, 1.807) is 14.2 Å². The summed E-state index contributed by atoms with van der Waals surface area (Å²) in [5.41, 5.74) is 2.68. The van der Waals surface area contributed by atoms with Gasteiger partial charge in [-0.3, -0.25) is 0 Å². The van der Waals surface area contributed by atoms with Gasteiger partial charge in [0.15, 0.2) is 11.5 Å². The maximum Gasteiger partial charge on any atom is 0.161 e. The molecular formula is C21H20BrNO3. The Labute approximate surface area is 161 Å². The average molecular weight is 414 g/mol. The summed E-state index contributed by atoms with van der Waals surface area (Å²) < 4.78 is 17.3. The van der Waals surface area contributed by atoms with E-state index in [9.17, 15) is 0 Å². The zero-order valence-electron chi connectivity index (χ0n) is 15.0. The monoisotopic (exact) mass is 413 g/mol. The Morgan fingerprint density at radius 3 is 2.50 bits per heavy atom. The molecule has 26 heavy (non-hydrogen) atoms. The Hall–Kier alpha value is -2.53. The van der Waals surface area contributed by atoms with Crippen molar-refractivity contribution in [2.24, 2.45) is 0 Å². The summed E-state index contributed by atoms with van der Waals surface area (Å²) in [6.45, 7) is 2.52. The van der Waals surface area contributed by atoms with Gasteiger partial charge in [0.2, 0.25) is 0 Å². The minimum Gasteiger partial charge on any atom is -0.494 e. The van der Waals surface area contributed by atoms with Crippen LogP contribution in [0.15, 0.2) is 46.9 Å². The largest absolute Gasteiger partial charge is 0.494 e. The number of hydrogen-bond acceptors (Lipinski definition) is 4. The number of nitrogens with zero attached hydrogens (tertiary/aromatic N) is 1. The number of aromatic nitrogens is 1. The number of pyridine rings is 1. The lowest BCUT2D eigenvalue weighted by Gasteiger charge is -2.11. The number of para-hydroxylation sites is 1. The van der Waals surface area contributed by atoms with Crippen LogP contribution in [0.3, 0.4) is 0 Å². The van der Waals surface area contributed by atoms with Crippen LogP contribution in [0.4, 0.5) is 0 Å². The third-order valence-corrected chi connectivity index (χ3v) is 4.63. The summed E-state index contributed by atoms with van der Waals surface area (Å²) in [6.07, 6.45) is 3.96. The van der Waals surface area contributed by atoms with Crippen molar-refractivity contribution >= 4 is 39.0 Å². The fraction of sp³-hybridized carbons (Fsp3) is 0.190. The Morgan fingerprint density at radius 1 is 0.962 bits per heavy atom.